The van der Waals surface area contributed by atoms with E-state index in [-0.39, 0.29) is 18.8 Å². The van der Waals surface area contributed by atoms with Crippen LogP contribution in [0, 0.1) is 0 Å². The predicted molar refractivity (Wildman–Crippen MR) is 319 cm³/mol. The molecule has 0 rings (SSSR count). The number of carbonyl (C=O) groups is 2. The average Bonchev–Trinajstić information content (AvgIpc) is 3.51. The molecule has 0 bridgehead atoms. The Bertz CT molecular complexity index is 1310. The molecule has 0 aliphatic heterocycles. The normalized spacial score (nSPS) is 11.6. The van der Waals surface area contributed by atoms with Gasteiger partial charge in [-0.25, -0.2) is 4.79 Å². The number of carbonyl (C=O) groups excluding carboxylic acids is 1. The summed E-state index contributed by atoms with van der Waals surface area (Å²) in [4.78, 5) is 22.1. The van der Waals surface area contributed by atoms with E-state index in [0.717, 1.165) is 13.0 Å². The molecule has 0 aromatic rings. The van der Waals surface area contributed by atoms with Crippen molar-refractivity contribution in [2.75, 3.05) is 271 Å². The maximum Gasteiger partial charge on any atom is 0.334 e. The second-order valence-electron chi connectivity index (χ2n) is 19.2. The largest absolute Gasteiger partial charge is 0.481 e. The molecule has 0 fully saturated rings. The Labute approximate surface area is 510 Å². The highest BCUT2D eigenvalue weighted by Gasteiger charge is 2.12. The van der Waals surface area contributed by atoms with Gasteiger partial charge in [-0.1, -0.05) is 97.0 Å². The van der Waals surface area contributed by atoms with Crippen molar-refractivity contribution in [1.29, 1.82) is 0 Å². The van der Waals surface area contributed by atoms with Crippen LogP contribution < -0.4 is 0 Å². The van der Waals surface area contributed by atoms with Gasteiger partial charge in [-0.3, -0.25) is 4.79 Å². The number of esters is 1. The summed E-state index contributed by atoms with van der Waals surface area (Å²) < 4.78 is 115. The van der Waals surface area contributed by atoms with E-state index in [1.807, 2.05) is 0 Å². The van der Waals surface area contributed by atoms with E-state index in [2.05, 4.69) is 13.5 Å². The van der Waals surface area contributed by atoms with Crippen molar-refractivity contribution in [2.45, 2.75) is 103 Å². The van der Waals surface area contributed by atoms with Crippen LogP contribution in [0.25, 0.3) is 0 Å². The second kappa shape index (κ2) is 76.1. The van der Waals surface area contributed by atoms with Crippen molar-refractivity contribution in [2.24, 2.45) is 0 Å². The van der Waals surface area contributed by atoms with E-state index in [0.29, 0.717) is 251 Å². The van der Waals surface area contributed by atoms with E-state index in [4.69, 9.17) is 105 Å². The molecule has 0 atom stereocenters. The first-order valence-corrected chi connectivity index (χ1v) is 31.7. The standard InChI is InChI=1S/C61H118O24/c1-3-4-5-6-7-8-9-10-11-12-13-14-15-16-17-65-18-19-66-20-21-67-22-23-68-24-25-69-26-27-70-28-29-71-30-31-72-32-33-73-34-35-74-36-37-75-38-39-76-40-41-77-42-43-78-44-45-79-46-47-80-48-49-81-50-51-82-52-53-83-54-55-84-56-57-85-61(64)59(2)58-60(62)63/h2-58H2,1H3,(H,62,63). The first-order valence-electron chi connectivity index (χ1n) is 31.7. The van der Waals surface area contributed by atoms with E-state index in [1.54, 1.807) is 0 Å². The second-order valence-corrected chi connectivity index (χ2v) is 19.2. The molecule has 0 aliphatic rings. The maximum atomic E-state index is 11.5. The van der Waals surface area contributed by atoms with Crippen molar-refractivity contribution >= 4 is 11.9 Å². The van der Waals surface area contributed by atoms with Gasteiger partial charge in [-0.15, -0.1) is 0 Å². The molecule has 0 saturated carbocycles. The smallest absolute Gasteiger partial charge is 0.334 e. The van der Waals surface area contributed by atoms with Crippen molar-refractivity contribution in [3.63, 3.8) is 0 Å². The Balaban J connectivity index is 3.11. The van der Waals surface area contributed by atoms with Crippen molar-refractivity contribution in [3.8, 4) is 0 Å². The molecule has 0 aromatic heterocycles. The summed E-state index contributed by atoms with van der Waals surface area (Å²) in [5.74, 6) is -1.89. The Kier molecular flexibility index (Phi) is 74.2. The maximum absolute atomic E-state index is 11.5. The van der Waals surface area contributed by atoms with Gasteiger partial charge in [0, 0.05) is 12.2 Å². The average molecular weight is 1240 g/mol. The van der Waals surface area contributed by atoms with Gasteiger partial charge in [0.15, 0.2) is 0 Å². The summed E-state index contributed by atoms with van der Waals surface area (Å²) in [5, 5.41) is 8.64. The van der Waals surface area contributed by atoms with E-state index >= 15 is 0 Å². The minimum absolute atomic E-state index is 0.00381. The minimum atomic E-state index is -1.14. The Morgan fingerprint density at radius 1 is 0.235 bits per heavy atom. The van der Waals surface area contributed by atoms with Crippen LogP contribution in [-0.4, -0.2) is 288 Å². The van der Waals surface area contributed by atoms with Crippen LogP contribution in [-0.2, 0) is 109 Å². The van der Waals surface area contributed by atoms with Gasteiger partial charge in [0.05, 0.1) is 264 Å². The molecular formula is C61H118O24. The third-order valence-electron chi connectivity index (χ3n) is 11.8. The number of unbranched alkanes of at least 4 members (excludes halogenated alkanes) is 13. The molecule has 0 radical (unpaired) electrons. The molecule has 506 valence electrons. The minimum Gasteiger partial charge on any atom is -0.481 e. The lowest BCUT2D eigenvalue weighted by Gasteiger charge is -2.09. The SMILES string of the molecule is C=C(CC(=O)O)C(=O)OCCOCCOCCOCCOCCOCCOCCOCCOCCOCCOCCOCCOCCOCCOCCOCCOCCOCCOCCOCCOCCCCCCCCCCCCCCCC. The highest BCUT2D eigenvalue weighted by molar-refractivity contribution is 5.92. The number of ether oxygens (including phenoxy) is 21. The van der Waals surface area contributed by atoms with E-state index in [9.17, 15) is 9.59 Å². The van der Waals surface area contributed by atoms with Gasteiger partial charge in [0.25, 0.3) is 0 Å². The quantitative estimate of drug-likeness (QED) is 0.0394. The van der Waals surface area contributed by atoms with Crippen molar-refractivity contribution < 1.29 is 114 Å². The zero-order chi connectivity index (χ0) is 61.2. The zero-order valence-corrected chi connectivity index (χ0v) is 52.6. The number of aliphatic carboxylic acids is 1. The first-order chi connectivity index (χ1) is 42.1. The molecular weight excluding hydrogens is 1120 g/mol. The molecule has 0 heterocycles. The van der Waals surface area contributed by atoms with Crippen LogP contribution in [0.5, 0.6) is 0 Å². The lowest BCUT2D eigenvalue weighted by atomic mass is 10.0. The van der Waals surface area contributed by atoms with Gasteiger partial charge in [-0.05, 0) is 6.42 Å². The van der Waals surface area contributed by atoms with Gasteiger partial charge in [-0.2, -0.15) is 0 Å². The van der Waals surface area contributed by atoms with Gasteiger partial charge in [0.1, 0.15) is 6.61 Å². The summed E-state index contributed by atoms with van der Waals surface area (Å²) in [6.45, 7) is 25.0. The summed E-state index contributed by atoms with van der Waals surface area (Å²) in [6.07, 6.45) is 18.7. The Morgan fingerprint density at radius 3 is 0.565 bits per heavy atom. The topological polar surface area (TPSA) is 248 Å². The molecule has 24 heteroatoms. The molecule has 24 nitrogen and oxygen atoms in total. The van der Waals surface area contributed by atoms with Crippen LogP contribution in [0.15, 0.2) is 12.2 Å². The number of carboxylic acid groups (broad SMARTS) is 1. The fourth-order valence-corrected chi connectivity index (χ4v) is 7.23. The molecule has 0 unspecified atom stereocenters. The van der Waals surface area contributed by atoms with Crippen LogP contribution in [0.4, 0.5) is 0 Å². The van der Waals surface area contributed by atoms with Gasteiger partial charge < -0.3 is 105 Å². The van der Waals surface area contributed by atoms with Crippen LogP contribution in [0.2, 0.25) is 0 Å². The monoisotopic (exact) mass is 1230 g/mol. The summed E-state index contributed by atoms with van der Waals surface area (Å²) >= 11 is 0. The molecule has 0 saturated heterocycles. The number of rotatable bonds is 78. The molecule has 0 aromatic carbocycles. The van der Waals surface area contributed by atoms with Crippen LogP contribution in [0.1, 0.15) is 103 Å². The fraction of sp³-hybridized carbons (Fsp3) is 0.934. The highest BCUT2D eigenvalue weighted by atomic mass is 16.6. The lowest BCUT2D eigenvalue weighted by molar-refractivity contribution is -0.144. The lowest BCUT2D eigenvalue weighted by Crippen LogP contribution is -2.16. The van der Waals surface area contributed by atoms with E-state index < -0.39 is 18.4 Å². The highest BCUT2D eigenvalue weighted by Crippen LogP contribution is 2.13. The summed E-state index contributed by atoms with van der Waals surface area (Å²) in [7, 11) is 0. The first kappa shape index (κ1) is 82.9. The number of carboxylic acids is 1. The molecule has 0 spiro atoms. The molecule has 85 heavy (non-hydrogen) atoms. The third kappa shape index (κ3) is 76.1. The predicted octanol–water partition coefficient (Wildman–Crippen LogP) is 6.37. The molecule has 0 aliphatic carbocycles. The van der Waals surface area contributed by atoms with Crippen LogP contribution >= 0.6 is 0 Å². The third-order valence-corrected chi connectivity index (χ3v) is 11.8. The fourth-order valence-electron chi connectivity index (χ4n) is 7.23. The molecule has 1 N–H and O–H groups in total. The number of hydrogen-bond donors (Lipinski definition) is 1. The summed E-state index contributed by atoms with van der Waals surface area (Å²) in [5.41, 5.74) is -0.113. The van der Waals surface area contributed by atoms with Gasteiger partial charge in [0.2, 0.25) is 0 Å². The van der Waals surface area contributed by atoms with Crippen LogP contribution in [0.3, 0.4) is 0 Å². The van der Waals surface area contributed by atoms with Gasteiger partial charge >= 0.3 is 11.9 Å². The van der Waals surface area contributed by atoms with Crippen molar-refractivity contribution in [3.05, 3.63) is 12.2 Å². The Morgan fingerprint density at radius 2 is 0.388 bits per heavy atom. The molecule has 0 amide bonds. The zero-order valence-electron chi connectivity index (χ0n) is 52.6. The summed E-state index contributed by atoms with van der Waals surface area (Å²) in [6, 6.07) is 0. The number of hydrogen-bond acceptors (Lipinski definition) is 23. The Hall–Kier alpha value is -2.12. The van der Waals surface area contributed by atoms with E-state index in [1.165, 1.54) is 83.5 Å². The van der Waals surface area contributed by atoms with Crippen molar-refractivity contribution in [1.82, 2.24) is 0 Å².